The van der Waals surface area contributed by atoms with Gasteiger partial charge in [0, 0.05) is 24.2 Å². The van der Waals surface area contributed by atoms with Gasteiger partial charge in [0.2, 0.25) is 17.8 Å². The Morgan fingerprint density at radius 3 is 2.54 bits per heavy atom. The Balaban J connectivity index is 1.66. The minimum atomic E-state index is -0.562. The monoisotopic (exact) mass is 482 g/mol. The summed E-state index contributed by atoms with van der Waals surface area (Å²) < 4.78 is 19.4. The molecule has 2 fully saturated rings. The van der Waals surface area contributed by atoms with Crippen molar-refractivity contribution in [3.63, 3.8) is 0 Å². The highest BCUT2D eigenvalue weighted by atomic mass is 19.1. The lowest BCUT2D eigenvalue weighted by Crippen LogP contribution is -2.40. The molecule has 10 heteroatoms. The van der Waals surface area contributed by atoms with E-state index in [4.69, 9.17) is 4.74 Å². The van der Waals surface area contributed by atoms with Gasteiger partial charge in [-0.15, -0.1) is 0 Å². The maximum absolute atomic E-state index is 14.4. The summed E-state index contributed by atoms with van der Waals surface area (Å²) in [6.45, 7) is 3.14. The van der Waals surface area contributed by atoms with Crippen LogP contribution in [0.15, 0.2) is 18.2 Å². The van der Waals surface area contributed by atoms with Crippen molar-refractivity contribution in [1.82, 2.24) is 20.3 Å². The van der Waals surface area contributed by atoms with Gasteiger partial charge < -0.3 is 20.7 Å². The summed E-state index contributed by atoms with van der Waals surface area (Å²) in [5, 5.41) is 20.4. The SMILES string of the molecule is CCC(Nc1nc(NC2CCCCCC2)nc(N(C#N)c2ccc(OC)c(F)c2)n1)C1CCCN1. The van der Waals surface area contributed by atoms with Crippen LogP contribution < -0.4 is 25.6 Å². The van der Waals surface area contributed by atoms with Gasteiger partial charge in [0.1, 0.15) is 0 Å². The molecule has 1 saturated carbocycles. The summed E-state index contributed by atoms with van der Waals surface area (Å²) in [6, 6.07) is 5.09. The predicted octanol–water partition coefficient (Wildman–Crippen LogP) is 4.72. The summed E-state index contributed by atoms with van der Waals surface area (Å²) in [5.41, 5.74) is 0.313. The number of anilines is 4. The molecule has 1 saturated heterocycles. The van der Waals surface area contributed by atoms with Crippen LogP contribution in [0.2, 0.25) is 0 Å². The topological polar surface area (TPSA) is 111 Å². The Hall–Kier alpha value is -3.19. The van der Waals surface area contributed by atoms with E-state index in [1.165, 1.54) is 49.8 Å². The van der Waals surface area contributed by atoms with Gasteiger partial charge in [0.05, 0.1) is 12.8 Å². The molecular weight excluding hydrogens is 447 g/mol. The molecule has 0 bridgehead atoms. The van der Waals surface area contributed by atoms with E-state index in [1.807, 2.05) is 0 Å². The molecule has 3 N–H and O–H groups in total. The van der Waals surface area contributed by atoms with Crippen molar-refractivity contribution in [1.29, 1.82) is 5.26 Å². The van der Waals surface area contributed by atoms with Gasteiger partial charge in [0.15, 0.2) is 17.8 Å². The summed E-state index contributed by atoms with van der Waals surface area (Å²) in [7, 11) is 1.40. The second kappa shape index (κ2) is 12.0. The molecule has 0 amide bonds. The molecule has 1 aromatic carbocycles. The van der Waals surface area contributed by atoms with Crippen molar-refractivity contribution in [2.45, 2.75) is 82.8 Å². The quantitative estimate of drug-likeness (QED) is 0.266. The molecule has 9 nitrogen and oxygen atoms in total. The van der Waals surface area contributed by atoms with Crippen molar-refractivity contribution in [3.05, 3.63) is 24.0 Å². The van der Waals surface area contributed by atoms with Crippen LogP contribution in [0.1, 0.15) is 64.7 Å². The molecule has 2 heterocycles. The molecule has 4 rings (SSSR count). The number of ether oxygens (including phenoxy) is 1. The van der Waals surface area contributed by atoms with Crippen LogP contribution >= 0.6 is 0 Å². The molecule has 2 unspecified atom stereocenters. The summed E-state index contributed by atoms with van der Waals surface area (Å²) >= 11 is 0. The number of hydrogen-bond acceptors (Lipinski definition) is 9. The van der Waals surface area contributed by atoms with Gasteiger partial charge in [-0.05, 0) is 50.8 Å². The predicted molar refractivity (Wildman–Crippen MR) is 134 cm³/mol. The highest BCUT2D eigenvalue weighted by molar-refractivity contribution is 5.64. The van der Waals surface area contributed by atoms with Crippen molar-refractivity contribution in [3.8, 4) is 11.9 Å². The van der Waals surface area contributed by atoms with Gasteiger partial charge in [0.25, 0.3) is 0 Å². The van der Waals surface area contributed by atoms with Crippen LogP contribution in [0, 0.1) is 17.3 Å². The normalized spacial score (nSPS) is 19.4. The Kier molecular flexibility index (Phi) is 8.53. The van der Waals surface area contributed by atoms with Crippen LogP contribution in [0.25, 0.3) is 0 Å². The zero-order chi connectivity index (χ0) is 24.6. The molecule has 0 radical (unpaired) electrons. The third kappa shape index (κ3) is 6.28. The first-order chi connectivity index (χ1) is 17.1. The molecule has 2 aromatic rings. The molecule has 1 aromatic heterocycles. The van der Waals surface area contributed by atoms with Gasteiger partial charge in [-0.1, -0.05) is 32.6 Å². The maximum Gasteiger partial charge on any atom is 0.250 e. The van der Waals surface area contributed by atoms with Crippen molar-refractivity contribution >= 4 is 23.5 Å². The molecule has 188 valence electrons. The minimum Gasteiger partial charge on any atom is -0.494 e. The van der Waals surface area contributed by atoms with E-state index in [-0.39, 0.29) is 23.8 Å². The Morgan fingerprint density at radius 1 is 1.14 bits per heavy atom. The van der Waals surface area contributed by atoms with E-state index in [0.29, 0.717) is 23.6 Å². The molecule has 1 aliphatic carbocycles. The number of nitriles is 1. The van der Waals surface area contributed by atoms with Crippen LogP contribution in [0.3, 0.4) is 0 Å². The Morgan fingerprint density at radius 2 is 1.91 bits per heavy atom. The largest absolute Gasteiger partial charge is 0.494 e. The fourth-order valence-electron chi connectivity index (χ4n) is 4.92. The molecule has 2 aliphatic rings. The zero-order valence-corrected chi connectivity index (χ0v) is 20.6. The standard InChI is InChI=1S/C25H35FN8O/c1-3-20(21-11-8-14-28-21)30-24-31-23(29-17-9-6-4-5-7-10-17)32-25(33-24)34(16-27)18-12-13-22(35-2)19(26)15-18/h12-13,15,17,20-21,28H,3-11,14H2,1-2H3,(H2,29,30,31,32,33). The number of hydrogen-bond donors (Lipinski definition) is 3. The van der Waals surface area contributed by atoms with Crippen molar-refractivity contribution in [2.24, 2.45) is 0 Å². The summed E-state index contributed by atoms with van der Waals surface area (Å²) in [4.78, 5) is 15.0. The first-order valence-corrected chi connectivity index (χ1v) is 12.7. The number of rotatable bonds is 9. The fourth-order valence-corrected chi connectivity index (χ4v) is 4.92. The minimum absolute atomic E-state index is 0.107. The van der Waals surface area contributed by atoms with Crippen LogP contribution in [0.4, 0.5) is 27.9 Å². The van der Waals surface area contributed by atoms with E-state index >= 15 is 0 Å². The molecule has 1 aliphatic heterocycles. The van der Waals surface area contributed by atoms with Crippen LogP contribution in [-0.4, -0.2) is 46.7 Å². The van der Waals surface area contributed by atoms with Crippen LogP contribution in [0.5, 0.6) is 5.75 Å². The number of halogens is 1. The third-order valence-corrected chi connectivity index (χ3v) is 6.84. The molecule has 35 heavy (non-hydrogen) atoms. The van der Waals surface area contributed by atoms with Crippen molar-refractivity contribution in [2.75, 3.05) is 29.2 Å². The average molecular weight is 483 g/mol. The number of nitrogens with zero attached hydrogens (tertiary/aromatic N) is 5. The van der Waals surface area contributed by atoms with Gasteiger partial charge in [-0.2, -0.15) is 20.2 Å². The summed E-state index contributed by atoms with van der Waals surface area (Å²) in [5.74, 6) is 0.511. The van der Waals surface area contributed by atoms with Crippen molar-refractivity contribution < 1.29 is 9.13 Å². The maximum atomic E-state index is 14.4. The van der Waals surface area contributed by atoms with Gasteiger partial charge >= 0.3 is 0 Å². The second-order valence-electron chi connectivity index (χ2n) is 9.23. The number of methoxy groups -OCH3 is 1. The highest BCUT2D eigenvalue weighted by Gasteiger charge is 2.25. The summed E-state index contributed by atoms with van der Waals surface area (Å²) in [6.07, 6.45) is 12.2. The van der Waals surface area contributed by atoms with Crippen LogP contribution in [-0.2, 0) is 0 Å². The lowest BCUT2D eigenvalue weighted by Gasteiger charge is -2.25. The highest BCUT2D eigenvalue weighted by Crippen LogP contribution is 2.29. The fraction of sp³-hybridized carbons (Fsp3) is 0.600. The number of nitrogens with one attached hydrogen (secondary N) is 3. The van der Waals surface area contributed by atoms with Gasteiger partial charge in [-0.25, -0.2) is 9.29 Å². The zero-order valence-electron chi connectivity index (χ0n) is 20.6. The average Bonchev–Trinajstić information content (AvgIpc) is 3.28. The first kappa shape index (κ1) is 24.9. The lowest BCUT2D eigenvalue weighted by molar-refractivity contribution is 0.386. The second-order valence-corrected chi connectivity index (χ2v) is 9.23. The first-order valence-electron chi connectivity index (χ1n) is 12.7. The van der Waals surface area contributed by atoms with E-state index < -0.39 is 5.82 Å². The number of aromatic nitrogens is 3. The smallest absolute Gasteiger partial charge is 0.250 e. The molecular formula is C25H35FN8O. The van der Waals surface area contributed by atoms with E-state index in [0.717, 1.165) is 38.6 Å². The molecule has 0 spiro atoms. The van der Waals surface area contributed by atoms with E-state index in [1.54, 1.807) is 6.07 Å². The van der Waals surface area contributed by atoms with E-state index in [9.17, 15) is 9.65 Å². The van der Waals surface area contributed by atoms with Gasteiger partial charge in [-0.3, -0.25) is 0 Å². The lowest BCUT2D eigenvalue weighted by atomic mass is 10.0. The third-order valence-electron chi connectivity index (χ3n) is 6.84. The number of benzene rings is 1. The van der Waals surface area contributed by atoms with E-state index in [2.05, 4.69) is 44.0 Å². The Labute approximate surface area is 206 Å². The Bertz CT molecular complexity index is 1020. The molecule has 2 atom stereocenters.